The Hall–Kier alpha value is -1.85. The lowest BCUT2D eigenvalue weighted by atomic mass is 10.1. The van der Waals surface area contributed by atoms with E-state index in [0.717, 1.165) is 12.1 Å². The summed E-state index contributed by atoms with van der Waals surface area (Å²) in [5, 5.41) is 15.6. The van der Waals surface area contributed by atoms with Crippen LogP contribution in [0.4, 0.5) is 0 Å². The quantitative estimate of drug-likeness (QED) is 0.779. The van der Waals surface area contributed by atoms with Crippen LogP contribution >= 0.6 is 0 Å². The van der Waals surface area contributed by atoms with Crippen LogP contribution in [-0.4, -0.2) is 33.3 Å². The van der Waals surface area contributed by atoms with E-state index >= 15 is 0 Å². The second kappa shape index (κ2) is 6.54. The van der Waals surface area contributed by atoms with E-state index in [1.54, 1.807) is 6.20 Å². The van der Waals surface area contributed by atoms with Crippen LogP contribution in [0, 0.1) is 0 Å². The molecule has 112 valence electrons. The van der Waals surface area contributed by atoms with Gasteiger partial charge in [0.2, 0.25) is 0 Å². The van der Waals surface area contributed by atoms with Gasteiger partial charge in [-0.2, -0.15) is 5.10 Å². The molecule has 0 aromatic carbocycles. The van der Waals surface area contributed by atoms with Crippen molar-refractivity contribution in [1.82, 2.24) is 15.1 Å². The maximum Gasteiger partial charge on any atom is 0.303 e. The number of carboxylic acid groups (broad SMARTS) is 1. The zero-order valence-corrected chi connectivity index (χ0v) is 12.6. The molecular formula is C14H23N3O3. The molecule has 1 aromatic heterocycles. The van der Waals surface area contributed by atoms with Crippen LogP contribution in [0.1, 0.15) is 56.6 Å². The summed E-state index contributed by atoms with van der Waals surface area (Å²) in [4.78, 5) is 22.5. The molecule has 6 heteroatoms. The minimum atomic E-state index is -0.853. The predicted octanol–water partition coefficient (Wildman–Crippen LogP) is 1.80. The Morgan fingerprint density at radius 1 is 1.40 bits per heavy atom. The highest BCUT2D eigenvalue weighted by Gasteiger charge is 2.22. The van der Waals surface area contributed by atoms with Crippen LogP contribution in [0.25, 0.3) is 0 Å². The van der Waals surface area contributed by atoms with Gasteiger partial charge >= 0.3 is 5.97 Å². The second-order valence-electron chi connectivity index (χ2n) is 5.69. The van der Waals surface area contributed by atoms with Crippen LogP contribution in [0.5, 0.6) is 0 Å². The summed E-state index contributed by atoms with van der Waals surface area (Å²) >= 11 is 0. The van der Waals surface area contributed by atoms with Crippen molar-refractivity contribution in [2.45, 2.75) is 52.5 Å². The zero-order chi connectivity index (χ0) is 15.3. The molecule has 1 heterocycles. The largest absolute Gasteiger partial charge is 0.481 e. The lowest BCUT2D eigenvalue weighted by Crippen LogP contribution is -2.28. The van der Waals surface area contributed by atoms with E-state index in [0.29, 0.717) is 18.5 Å². The number of carboxylic acids is 1. The van der Waals surface area contributed by atoms with Crippen molar-refractivity contribution in [1.29, 1.82) is 0 Å². The van der Waals surface area contributed by atoms with Gasteiger partial charge < -0.3 is 10.4 Å². The Morgan fingerprint density at radius 3 is 2.55 bits per heavy atom. The standard InChI is InChI=1S/C14H23N3O3/c1-5-11-10(9-16-17(11)14(2,3)4)13(20)15-8-6-7-12(18)19/h9H,5-8H2,1-4H3,(H,15,20)(H,18,19). The third-order valence-corrected chi connectivity index (χ3v) is 2.94. The molecule has 0 radical (unpaired) electrons. The lowest BCUT2D eigenvalue weighted by Gasteiger charge is -2.22. The first-order chi connectivity index (χ1) is 9.27. The van der Waals surface area contributed by atoms with E-state index < -0.39 is 5.97 Å². The molecule has 0 saturated carbocycles. The fourth-order valence-corrected chi connectivity index (χ4v) is 2.02. The van der Waals surface area contributed by atoms with Gasteiger partial charge in [-0.1, -0.05) is 6.92 Å². The number of nitrogens with one attached hydrogen (secondary N) is 1. The first kappa shape index (κ1) is 16.2. The zero-order valence-electron chi connectivity index (χ0n) is 12.6. The molecule has 0 unspecified atom stereocenters. The molecule has 1 rings (SSSR count). The molecule has 2 N–H and O–H groups in total. The smallest absolute Gasteiger partial charge is 0.303 e. The average molecular weight is 281 g/mol. The van der Waals surface area contributed by atoms with Gasteiger partial charge in [0, 0.05) is 13.0 Å². The number of carbonyl (C=O) groups excluding carboxylic acids is 1. The number of aliphatic carboxylic acids is 1. The molecule has 6 nitrogen and oxygen atoms in total. The number of carbonyl (C=O) groups is 2. The lowest BCUT2D eigenvalue weighted by molar-refractivity contribution is -0.137. The number of nitrogens with zero attached hydrogens (tertiary/aromatic N) is 2. The Balaban J connectivity index is 2.74. The second-order valence-corrected chi connectivity index (χ2v) is 5.69. The molecule has 0 fully saturated rings. The van der Waals surface area contributed by atoms with Gasteiger partial charge in [-0.25, -0.2) is 0 Å². The highest BCUT2D eigenvalue weighted by molar-refractivity contribution is 5.95. The fourth-order valence-electron chi connectivity index (χ4n) is 2.02. The summed E-state index contributed by atoms with van der Waals surface area (Å²) in [6, 6.07) is 0. The molecule has 0 atom stereocenters. The molecule has 1 aromatic rings. The number of amides is 1. The molecular weight excluding hydrogens is 258 g/mol. The van der Waals surface area contributed by atoms with Crippen LogP contribution < -0.4 is 5.32 Å². The minimum absolute atomic E-state index is 0.0577. The summed E-state index contributed by atoms with van der Waals surface area (Å²) in [6.07, 6.45) is 2.78. The number of hydrogen-bond acceptors (Lipinski definition) is 3. The van der Waals surface area contributed by atoms with Crippen molar-refractivity contribution in [2.24, 2.45) is 0 Å². The van der Waals surface area contributed by atoms with E-state index in [-0.39, 0.29) is 17.9 Å². The first-order valence-electron chi connectivity index (χ1n) is 6.84. The van der Waals surface area contributed by atoms with Crippen molar-refractivity contribution >= 4 is 11.9 Å². The van der Waals surface area contributed by atoms with Gasteiger partial charge in [0.05, 0.1) is 23.0 Å². The van der Waals surface area contributed by atoms with Crippen molar-refractivity contribution in [2.75, 3.05) is 6.54 Å². The number of hydrogen-bond donors (Lipinski definition) is 2. The van der Waals surface area contributed by atoms with Gasteiger partial charge in [0.1, 0.15) is 0 Å². The van der Waals surface area contributed by atoms with E-state index in [1.165, 1.54) is 0 Å². The molecule has 1 amide bonds. The Kier molecular flexibility index (Phi) is 5.30. The summed E-state index contributed by atoms with van der Waals surface area (Å²) in [5.41, 5.74) is 1.29. The molecule has 0 aliphatic rings. The number of rotatable bonds is 6. The van der Waals surface area contributed by atoms with E-state index in [9.17, 15) is 9.59 Å². The van der Waals surface area contributed by atoms with E-state index in [1.807, 2.05) is 32.4 Å². The van der Waals surface area contributed by atoms with Gasteiger partial charge in [-0.3, -0.25) is 14.3 Å². The summed E-state index contributed by atoms with van der Waals surface area (Å²) in [5.74, 6) is -1.04. The van der Waals surface area contributed by atoms with Gasteiger partial charge in [0.25, 0.3) is 5.91 Å². The maximum atomic E-state index is 12.1. The van der Waals surface area contributed by atoms with Crippen LogP contribution in [-0.2, 0) is 16.8 Å². The summed E-state index contributed by atoms with van der Waals surface area (Å²) in [7, 11) is 0. The molecule has 20 heavy (non-hydrogen) atoms. The average Bonchev–Trinajstić information content (AvgIpc) is 2.77. The fraction of sp³-hybridized carbons (Fsp3) is 0.643. The monoisotopic (exact) mass is 281 g/mol. The van der Waals surface area contributed by atoms with Gasteiger partial charge in [-0.15, -0.1) is 0 Å². The Morgan fingerprint density at radius 2 is 2.05 bits per heavy atom. The SMILES string of the molecule is CCc1c(C(=O)NCCCC(=O)O)cnn1C(C)(C)C. The van der Waals surface area contributed by atoms with E-state index in [2.05, 4.69) is 10.4 Å². The third kappa shape index (κ3) is 4.08. The third-order valence-electron chi connectivity index (χ3n) is 2.94. The normalized spacial score (nSPS) is 11.4. The topological polar surface area (TPSA) is 84.2 Å². The van der Waals surface area contributed by atoms with E-state index in [4.69, 9.17) is 5.11 Å². The molecule has 0 spiro atoms. The van der Waals surface area contributed by atoms with Crippen molar-refractivity contribution in [3.8, 4) is 0 Å². The van der Waals surface area contributed by atoms with Crippen LogP contribution in [0.15, 0.2) is 6.20 Å². The van der Waals surface area contributed by atoms with Crippen molar-refractivity contribution in [3.63, 3.8) is 0 Å². The van der Waals surface area contributed by atoms with Crippen LogP contribution in [0.2, 0.25) is 0 Å². The Labute approximate surface area is 119 Å². The Bertz CT molecular complexity index is 486. The summed E-state index contributed by atoms with van der Waals surface area (Å²) in [6.45, 7) is 8.45. The van der Waals surface area contributed by atoms with Gasteiger partial charge in [-0.05, 0) is 33.6 Å². The van der Waals surface area contributed by atoms with Crippen molar-refractivity contribution < 1.29 is 14.7 Å². The highest BCUT2D eigenvalue weighted by atomic mass is 16.4. The predicted molar refractivity (Wildman–Crippen MR) is 75.8 cm³/mol. The molecule has 0 aliphatic carbocycles. The maximum absolute atomic E-state index is 12.1. The molecule has 0 bridgehead atoms. The van der Waals surface area contributed by atoms with Crippen LogP contribution in [0.3, 0.4) is 0 Å². The van der Waals surface area contributed by atoms with Crippen molar-refractivity contribution in [3.05, 3.63) is 17.5 Å². The highest BCUT2D eigenvalue weighted by Crippen LogP contribution is 2.19. The minimum Gasteiger partial charge on any atom is -0.481 e. The number of aromatic nitrogens is 2. The molecule has 0 aliphatic heterocycles. The summed E-state index contributed by atoms with van der Waals surface area (Å²) < 4.78 is 1.86. The first-order valence-corrected chi connectivity index (χ1v) is 6.84. The van der Waals surface area contributed by atoms with Gasteiger partial charge in [0.15, 0.2) is 0 Å². The molecule has 0 saturated heterocycles.